The lowest BCUT2D eigenvalue weighted by molar-refractivity contribution is 0.359. The third-order valence-corrected chi connectivity index (χ3v) is 5.11. The maximum atomic E-state index is 13.5. The molecule has 1 aliphatic heterocycles. The number of halogens is 1. The number of aliphatic imine (C=N–C) groups is 1. The van der Waals surface area contributed by atoms with Crippen LogP contribution in [0.4, 0.5) is 10.1 Å². The molecule has 1 N–H and O–H groups in total. The molecule has 1 aromatic rings. The number of benzene rings is 1. The van der Waals surface area contributed by atoms with Crippen molar-refractivity contribution in [2.75, 3.05) is 17.6 Å². The minimum absolute atomic E-state index is 0.220. The minimum Gasteiger partial charge on any atom is -0.333 e. The lowest BCUT2D eigenvalue weighted by atomic mass is 9.89. The van der Waals surface area contributed by atoms with Crippen molar-refractivity contribution in [3.8, 4) is 0 Å². The van der Waals surface area contributed by atoms with E-state index in [2.05, 4.69) is 10.3 Å². The molecule has 2 nitrogen and oxygen atoms in total. The van der Waals surface area contributed by atoms with Crippen molar-refractivity contribution in [2.45, 2.75) is 25.7 Å². The Morgan fingerprint density at radius 3 is 2.67 bits per heavy atom. The Morgan fingerprint density at radius 1 is 1.22 bits per heavy atom. The fourth-order valence-corrected chi connectivity index (χ4v) is 3.89. The van der Waals surface area contributed by atoms with E-state index in [9.17, 15) is 4.39 Å². The molecule has 0 amide bonds. The first kappa shape index (κ1) is 12.0. The Hall–Kier alpha value is -1.03. The summed E-state index contributed by atoms with van der Waals surface area (Å²) in [6.07, 6.45) is 5.28. The highest BCUT2D eigenvalue weighted by molar-refractivity contribution is 8.14. The summed E-state index contributed by atoms with van der Waals surface area (Å²) in [5.74, 6) is 0.898. The summed E-state index contributed by atoms with van der Waals surface area (Å²) in [7, 11) is 0. The molecule has 1 spiro atoms. The summed E-state index contributed by atoms with van der Waals surface area (Å²) in [6.45, 7) is 0.900. The molecule has 96 valence electrons. The Morgan fingerprint density at radius 2 is 2.00 bits per heavy atom. The van der Waals surface area contributed by atoms with Gasteiger partial charge in [0, 0.05) is 12.3 Å². The van der Waals surface area contributed by atoms with Gasteiger partial charge in [-0.15, -0.1) is 0 Å². The third kappa shape index (κ3) is 2.39. The van der Waals surface area contributed by atoms with Gasteiger partial charge in [-0.25, -0.2) is 4.39 Å². The molecule has 3 rings (SSSR count). The number of para-hydroxylation sites is 1. The van der Waals surface area contributed by atoms with Crippen LogP contribution in [0.15, 0.2) is 29.3 Å². The Kier molecular flexibility index (Phi) is 3.29. The van der Waals surface area contributed by atoms with Gasteiger partial charge in [-0.3, -0.25) is 4.99 Å². The molecule has 0 atom stereocenters. The molecule has 18 heavy (non-hydrogen) atoms. The average Bonchev–Trinajstić information content (AvgIpc) is 2.84. The molecule has 2 aliphatic rings. The predicted octanol–water partition coefficient (Wildman–Crippen LogP) is 3.90. The number of anilines is 1. The highest BCUT2D eigenvalue weighted by atomic mass is 32.2. The highest BCUT2D eigenvalue weighted by Gasteiger charge is 2.36. The Labute approximate surface area is 111 Å². The largest absolute Gasteiger partial charge is 0.333 e. The second kappa shape index (κ2) is 4.92. The van der Waals surface area contributed by atoms with Gasteiger partial charge < -0.3 is 5.32 Å². The number of hydrogen-bond acceptors (Lipinski definition) is 3. The van der Waals surface area contributed by atoms with Gasteiger partial charge in [0.2, 0.25) is 0 Å². The number of rotatable bonds is 1. The number of amidine groups is 1. The van der Waals surface area contributed by atoms with Gasteiger partial charge in [0.1, 0.15) is 5.82 Å². The molecule has 0 aromatic heterocycles. The second-order valence-electron chi connectivity index (χ2n) is 5.22. The molecular formula is C14H17FN2S. The number of nitrogens with zero attached hydrogens (tertiary/aromatic N) is 1. The zero-order valence-electron chi connectivity index (χ0n) is 10.3. The van der Waals surface area contributed by atoms with E-state index in [0.29, 0.717) is 11.1 Å². The van der Waals surface area contributed by atoms with Crippen molar-refractivity contribution < 1.29 is 4.39 Å². The molecule has 0 saturated heterocycles. The van der Waals surface area contributed by atoms with Crippen molar-refractivity contribution in [3.05, 3.63) is 30.1 Å². The van der Waals surface area contributed by atoms with Gasteiger partial charge in [-0.2, -0.15) is 0 Å². The van der Waals surface area contributed by atoms with E-state index in [1.165, 1.54) is 31.7 Å². The molecule has 0 unspecified atom stereocenters. The van der Waals surface area contributed by atoms with Gasteiger partial charge in [-0.05, 0) is 30.4 Å². The maximum absolute atomic E-state index is 13.5. The summed E-state index contributed by atoms with van der Waals surface area (Å²) in [4.78, 5) is 4.60. The number of hydrogen-bond donors (Lipinski definition) is 1. The van der Waals surface area contributed by atoms with Crippen LogP contribution in [-0.2, 0) is 0 Å². The zero-order chi connectivity index (χ0) is 12.4. The normalized spacial score (nSPS) is 21.9. The predicted molar refractivity (Wildman–Crippen MR) is 75.7 cm³/mol. The highest BCUT2D eigenvalue weighted by Crippen LogP contribution is 2.43. The van der Waals surface area contributed by atoms with Crippen LogP contribution >= 0.6 is 11.8 Å². The maximum Gasteiger partial charge on any atom is 0.161 e. The first-order valence-corrected chi connectivity index (χ1v) is 7.45. The molecular weight excluding hydrogens is 247 g/mol. The summed E-state index contributed by atoms with van der Waals surface area (Å²) >= 11 is 1.74. The first-order chi connectivity index (χ1) is 8.77. The SMILES string of the molecule is Fc1ccccc1NC1=NCC2(CCCC2)CS1. The van der Waals surface area contributed by atoms with Crippen LogP contribution in [0.2, 0.25) is 0 Å². The van der Waals surface area contributed by atoms with E-state index in [0.717, 1.165) is 17.5 Å². The molecule has 4 heteroatoms. The quantitative estimate of drug-likeness (QED) is 0.832. The lowest BCUT2D eigenvalue weighted by Gasteiger charge is -2.31. The minimum atomic E-state index is -0.220. The molecule has 1 saturated carbocycles. The van der Waals surface area contributed by atoms with Crippen molar-refractivity contribution in [1.82, 2.24) is 0 Å². The van der Waals surface area contributed by atoms with Crippen LogP contribution in [0.3, 0.4) is 0 Å². The van der Waals surface area contributed by atoms with Gasteiger partial charge >= 0.3 is 0 Å². The van der Waals surface area contributed by atoms with E-state index < -0.39 is 0 Å². The van der Waals surface area contributed by atoms with E-state index in [4.69, 9.17) is 0 Å². The standard InChI is InChI=1S/C14H17FN2S/c15-11-5-1-2-6-12(11)17-13-16-9-14(10-18-13)7-3-4-8-14/h1-2,5-6H,3-4,7-10H2,(H,16,17). The van der Waals surface area contributed by atoms with E-state index in [1.807, 2.05) is 6.07 Å². The van der Waals surface area contributed by atoms with Crippen molar-refractivity contribution in [3.63, 3.8) is 0 Å². The fraction of sp³-hybridized carbons (Fsp3) is 0.500. The lowest BCUT2D eigenvalue weighted by Crippen LogP contribution is -2.30. The molecule has 1 aliphatic carbocycles. The van der Waals surface area contributed by atoms with Crippen LogP contribution in [0, 0.1) is 11.2 Å². The van der Waals surface area contributed by atoms with Crippen molar-refractivity contribution in [1.29, 1.82) is 0 Å². The third-order valence-electron chi connectivity index (χ3n) is 3.85. The van der Waals surface area contributed by atoms with Crippen LogP contribution in [0.5, 0.6) is 0 Å². The topological polar surface area (TPSA) is 24.4 Å². The molecule has 1 fully saturated rings. The smallest absolute Gasteiger partial charge is 0.161 e. The van der Waals surface area contributed by atoms with Gasteiger partial charge in [0.15, 0.2) is 5.17 Å². The van der Waals surface area contributed by atoms with Gasteiger partial charge in [0.25, 0.3) is 0 Å². The van der Waals surface area contributed by atoms with E-state index in [1.54, 1.807) is 23.9 Å². The second-order valence-corrected chi connectivity index (χ2v) is 6.19. The summed E-state index contributed by atoms with van der Waals surface area (Å²) < 4.78 is 13.5. The van der Waals surface area contributed by atoms with Crippen LogP contribution in [0.25, 0.3) is 0 Å². The summed E-state index contributed by atoms with van der Waals surface area (Å²) in [5.41, 5.74) is 0.955. The fourth-order valence-electron chi connectivity index (χ4n) is 2.73. The van der Waals surface area contributed by atoms with E-state index >= 15 is 0 Å². The van der Waals surface area contributed by atoms with Gasteiger partial charge in [-0.1, -0.05) is 36.7 Å². The summed E-state index contributed by atoms with van der Waals surface area (Å²) in [5, 5.41) is 3.95. The van der Waals surface area contributed by atoms with Crippen LogP contribution in [0.1, 0.15) is 25.7 Å². The Balaban J connectivity index is 1.68. The Bertz CT molecular complexity index is 467. The average molecular weight is 264 g/mol. The first-order valence-electron chi connectivity index (χ1n) is 6.46. The van der Waals surface area contributed by atoms with Crippen LogP contribution in [-0.4, -0.2) is 17.5 Å². The van der Waals surface area contributed by atoms with Crippen LogP contribution < -0.4 is 5.32 Å². The van der Waals surface area contributed by atoms with Crippen molar-refractivity contribution in [2.24, 2.45) is 10.4 Å². The monoisotopic (exact) mass is 264 g/mol. The van der Waals surface area contributed by atoms with Crippen molar-refractivity contribution >= 4 is 22.6 Å². The molecule has 1 aromatic carbocycles. The van der Waals surface area contributed by atoms with E-state index in [-0.39, 0.29) is 5.82 Å². The number of thioether (sulfide) groups is 1. The summed E-state index contributed by atoms with van der Waals surface area (Å²) in [6, 6.07) is 6.75. The molecule has 1 heterocycles. The zero-order valence-corrected chi connectivity index (χ0v) is 11.1. The van der Waals surface area contributed by atoms with Gasteiger partial charge in [0.05, 0.1) is 5.69 Å². The number of nitrogens with one attached hydrogen (secondary N) is 1. The molecule has 0 bridgehead atoms. The molecule has 0 radical (unpaired) electrons.